The maximum absolute atomic E-state index is 13.5. The van der Waals surface area contributed by atoms with Gasteiger partial charge < -0.3 is 10.4 Å². The van der Waals surface area contributed by atoms with Crippen LogP contribution in [-0.2, 0) is 15.3 Å². The number of halogens is 2. The first-order valence-electron chi connectivity index (χ1n) is 5.41. The smallest absolute Gasteiger partial charge is 0.327 e. The molecule has 1 amide bonds. The molecule has 0 fully saturated rings. The molecule has 0 bridgehead atoms. The Hall–Kier alpha value is -1.08. The van der Waals surface area contributed by atoms with E-state index in [1.165, 1.54) is 24.8 Å². The third-order valence-corrected chi connectivity index (χ3v) is 3.81. The molecule has 19 heavy (non-hydrogen) atoms. The summed E-state index contributed by atoms with van der Waals surface area (Å²) in [5.74, 6) is -1.30. The molecule has 0 aliphatic carbocycles. The molecule has 0 aromatic heterocycles. The van der Waals surface area contributed by atoms with E-state index < -0.39 is 17.9 Å². The lowest BCUT2D eigenvalue weighted by atomic mass is 10.2. The van der Waals surface area contributed by atoms with E-state index in [9.17, 15) is 14.0 Å². The molecule has 0 aliphatic heterocycles. The molecule has 0 unspecified atom stereocenters. The van der Waals surface area contributed by atoms with Crippen molar-refractivity contribution in [3.8, 4) is 0 Å². The fraction of sp³-hybridized carbons (Fsp3) is 0.333. The first kappa shape index (κ1) is 16.0. The van der Waals surface area contributed by atoms with Crippen molar-refractivity contribution in [2.75, 3.05) is 5.75 Å². The topological polar surface area (TPSA) is 66.4 Å². The summed E-state index contributed by atoms with van der Waals surface area (Å²) in [6.45, 7) is 1.26. The highest BCUT2D eigenvalue weighted by molar-refractivity contribution is 9.10. The van der Waals surface area contributed by atoms with Crippen molar-refractivity contribution >= 4 is 39.6 Å². The fourth-order valence-electron chi connectivity index (χ4n) is 1.35. The number of amides is 1. The number of rotatable bonds is 6. The van der Waals surface area contributed by atoms with Crippen LogP contribution in [0.2, 0.25) is 0 Å². The minimum Gasteiger partial charge on any atom is -0.480 e. The Labute approximate surface area is 122 Å². The van der Waals surface area contributed by atoms with Crippen molar-refractivity contribution in [3.05, 3.63) is 34.1 Å². The summed E-state index contributed by atoms with van der Waals surface area (Å²) in [6, 6.07) is 3.77. The number of aliphatic carboxylic acids is 1. The van der Waals surface area contributed by atoms with Gasteiger partial charge in [0.15, 0.2) is 0 Å². The van der Waals surface area contributed by atoms with Gasteiger partial charge in [-0.05, 0) is 17.7 Å². The van der Waals surface area contributed by atoms with Gasteiger partial charge in [-0.3, -0.25) is 4.79 Å². The summed E-state index contributed by atoms with van der Waals surface area (Å²) in [7, 11) is 0. The summed E-state index contributed by atoms with van der Waals surface area (Å²) in [5.41, 5.74) is 0.500. The molecule has 2 N–H and O–H groups in total. The first-order valence-corrected chi connectivity index (χ1v) is 7.36. The molecule has 1 atom stereocenters. The fourth-order valence-corrected chi connectivity index (χ4v) is 2.71. The summed E-state index contributed by atoms with van der Waals surface area (Å²) in [6.07, 6.45) is 0. The number of hydrogen-bond acceptors (Lipinski definition) is 3. The van der Waals surface area contributed by atoms with Crippen LogP contribution in [0.4, 0.5) is 4.39 Å². The van der Waals surface area contributed by atoms with E-state index in [0.717, 1.165) is 0 Å². The second-order valence-electron chi connectivity index (χ2n) is 3.84. The summed E-state index contributed by atoms with van der Waals surface area (Å²) in [5, 5.41) is 11.2. The number of nitrogens with one attached hydrogen (secondary N) is 1. The molecule has 104 valence electrons. The largest absolute Gasteiger partial charge is 0.480 e. The zero-order valence-electron chi connectivity index (χ0n) is 10.2. The molecule has 0 saturated carbocycles. The van der Waals surface area contributed by atoms with Crippen LogP contribution >= 0.6 is 27.7 Å². The Morgan fingerprint density at radius 1 is 1.53 bits per heavy atom. The molecular formula is C12H13BrFNO3S. The summed E-state index contributed by atoms with van der Waals surface area (Å²) < 4.78 is 14.2. The molecule has 1 aromatic rings. The zero-order valence-corrected chi connectivity index (χ0v) is 12.6. The molecule has 0 heterocycles. The van der Waals surface area contributed by atoms with E-state index in [1.807, 2.05) is 0 Å². The Morgan fingerprint density at radius 3 is 2.74 bits per heavy atom. The van der Waals surface area contributed by atoms with Gasteiger partial charge in [0.2, 0.25) is 5.91 Å². The van der Waals surface area contributed by atoms with Gasteiger partial charge in [0.1, 0.15) is 11.9 Å². The highest BCUT2D eigenvalue weighted by Crippen LogP contribution is 2.20. The van der Waals surface area contributed by atoms with Gasteiger partial charge in [-0.15, -0.1) is 0 Å². The Bertz CT molecular complexity index is 484. The second-order valence-corrected chi connectivity index (χ2v) is 5.79. The number of carbonyl (C=O) groups excluding carboxylic acids is 1. The van der Waals surface area contributed by atoms with Gasteiger partial charge in [0.05, 0.1) is 0 Å². The number of carboxylic acid groups (broad SMARTS) is 1. The van der Waals surface area contributed by atoms with Crippen LogP contribution in [-0.4, -0.2) is 28.8 Å². The molecule has 0 radical (unpaired) electrons. The van der Waals surface area contributed by atoms with Crippen LogP contribution in [0.15, 0.2) is 22.7 Å². The van der Waals surface area contributed by atoms with E-state index in [4.69, 9.17) is 5.11 Å². The number of hydrogen-bond donors (Lipinski definition) is 2. The van der Waals surface area contributed by atoms with Crippen LogP contribution < -0.4 is 5.32 Å². The molecule has 4 nitrogen and oxygen atoms in total. The molecule has 1 aromatic carbocycles. The number of benzene rings is 1. The van der Waals surface area contributed by atoms with E-state index in [-0.39, 0.29) is 11.6 Å². The van der Waals surface area contributed by atoms with E-state index in [1.54, 1.807) is 12.1 Å². The van der Waals surface area contributed by atoms with Crippen molar-refractivity contribution in [1.82, 2.24) is 5.32 Å². The van der Waals surface area contributed by atoms with Gasteiger partial charge in [-0.1, -0.05) is 22.0 Å². The molecule has 0 spiro atoms. The average Bonchev–Trinajstić information content (AvgIpc) is 2.29. The van der Waals surface area contributed by atoms with E-state index in [0.29, 0.717) is 15.8 Å². The maximum Gasteiger partial charge on any atom is 0.327 e. The van der Waals surface area contributed by atoms with Gasteiger partial charge in [-0.25, -0.2) is 9.18 Å². The lowest BCUT2D eigenvalue weighted by molar-refractivity contribution is -0.140. The number of thioether (sulfide) groups is 1. The van der Waals surface area contributed by atoms with E-state index >= 15 is 0 Å². The molecule has 0 aliphatic rings. The van der Waals surface area contributed by atoms with Crippen LogP contribution in [0.3, 0.4) is 0 Å². The van der Waals surface area contributed by atoms with Crippen LogP contribution in [0.5, 0.6) is 0 Å². The van der Waals surface area contributed by atoms with Gasteiger partial charge >= 0.3 is 5.97 Å². The number of carbonyl (C=O) groups is 2. The highest BCUT2D eigenvalue weighted by Gasteiger charge is 2.18. The third-order valence-electron chi connectivity index (χ3n) is 2.23. The van der Waals surface area contributed by atoms with Crippen LogP contribution in [0.1, 0.15) is 12.5 Å². The minimum absolute atomic E-state index is 0.185. The van der Waals surface area contributed by atoms with Crippen molar-refractivity contribution in [2.45, 2.75) is 18.7 Å². The van der Waals surface area contributed by atoms with Crippen LogP contribution in [0.25, 0.3) is 0 Å². The third kappa shape index (κ3) is 5.61. The van der Waals surface area contributed by atoms with Crippen molar-refractivity contribution < 1.29 is 19.1 Å². The Balaban J connectivity index is 2.52. The maximum atomic E-state index is 13.5. The molecule has 1 rings (SSSR count). The van der Waals surface area contributed by atoms with Crippen LogP contribution in [0, 0.1) is 5.82 Å². The van der Waals surface area contributed by atoms with Crippen molar-refractivity contribution in [2.24, 2.45) is 0 Å². The average molecular weight is 350 g/mol. The van der Waals surface area contributed by atoms with Crippen molar-refractivity contribution in [3.63, 3.8) is 0 Å². The lowest BCUT2D eigenvalue weighted by Crippen LogP contribution is -2.41. The number of carboxylic acids is 1. The SMILES string of the molecule is CC(=O)N[C@@H](CSCc1ccc(Br)cc1F)C(=O)O. The summed E-state index contributed by atoms with van der Waals surface area (Å²) >= 11 is 4.42. The zero-order chi connectivity index (χ0) is 14.4. The molecule has 0 saturated heterocycles. The van der Waals surface area contributed by atoms with Gasteiger partial charge in [-0.2, -0.15) is 11.8 Å². The predicted octanol–water partition coefficient (Wildman–Crippen LogP) is 2.41. The monoisotopic (exact) mass is 349 g/mol. The summed E-state index contributed by atoms with van der Waals surface area (Å²) in [4.78, 5) is 21.7. The minimum atomic E-state index is -1.10. The second kappa shape index (κ2) is 7.49. The van der Waals surface area contributed by atoms with Crippen molar-refractivity contribution in [1.29, 1.82) is 0 Å². The quantitative estimate of drug-likeness (QED) is 0.827. The normalized spacial score (nSPS) is 11.9. The van der Waals surface area contributed by atoms with E-state index in [2.05, 4.69) is 21.2 Å². The Morgan fingerprint density at radius 2 is 2.21 bits per heavy atom. The molecular weight excluding hydrogens is 337 g/mol. The van der Waals surface area contributed by atoms with Gasteiger partial charge in [0.25, 0.3) is 0 Å². The highest BCUT2D eigenvalue weighted by atomic mass is 79.9. The lowest BCUT2D eigenvalue weighted by Gasteiger charge is -2.12. The standard InChI is InChI=1S/C12H13BrFNO3S/c1-7(16)15-11(12(17)18)6-19-5-8-2-3-9(13)4-10(8)14/h2-4,11H,5-6H2,1H3,(H,15,16)(H,17,18)/t11-/m0/s1. The predicted molar refractivity (Wildman–Crippen MR) is 75.5 cm³/mol. The Kier molecular flexibility index (Phi) is 6.30. The van der Waals surface area contributed by atoms with Gasteiger partial charge in [0, 0.05) is 22.9 Å². The first-order chi connectivity index (χ1) is 8.90. The molecule has 7 heteroatoms.